The number of carbonyl (C=O) groups is 2. The summed E-state index contributed by atoms with van der Waals surface area (Å²) in [6.45, 7) is -0.559. The first-order valence-corrected chi connectivity index (χ1v) is 11.6. The van der Waals surface area contributed by atoms with Crippen molar-refractivity contribution in [2.75, 3.05) is 22.6 Å². The molecule has 0 fully saturated rings. The molecule has 0 aliphatic heterocycles. The van der Waals surface area contributed by atoms with Gasteiger partial charge in [-0.2, -0.15) is 0 Å². The molecular formula is C29H23N5O3. The molecule has 3 aromatic carbocycles. The average Bonchev–Trinajstić information content (AvgIpc) is 2.94. The van der Waals surface area contributed by atoms with E-state index in [1.165, 1.54) is 0 Å². The van der Waals surface area contributed by atoms with Crippen LogP contribution in [0.1, 0.15) is 20.8 Å². The van der Waals surface area contributed by atoms with Gasteiger partial charge in [-0.25, -0.2) is 4.98 Å². The Kier molecular flexibility index (Phi) is 6.82. The van der Waals surface area contributed by atoms with Crippen LogP contribution in [0.4, 0.5) is 28.4 Å². The molecule has 0 unspecified atom stereocenters. The fourth-order valence-electron chi connectivity index (χ4n) is 3.80. The molecular weight excluding hydrogens is 466 g/mol. The normalized spacial score (nSPS) is 10.6. The number of anilines is 5. The third kappa shape index (κ3) is 5.61. The van der Waals surface area contributed by atoms with E-state index in [0.29, 0.717) is 22.5 Å². The lowest BCUT2D eigenvalue weighted by atomic mass is 10.1. The molecule has 2 heterocycles. The number of nitrogens with one attached hydrogen (secondary N) is 3. The zero-order valence-electron chi connectivity index (χ0n) is 19.7. The number of ketones is 1. The Morgan fingerprint density at radius 3 is 2.19 bits per heavy atom. The highest BCUT2D eigenvalue weighted by Gasteiger charge is 2.11. The van der Waals surface area contributed by atoms with E-state index in [0.717, 1.165) is 22.4 Å². The number of carbonyl (C=O) groups excluding carboxylic acids is 2. The van der Waals surface area contributed by atoms with Gasteiger partial charge < -0.3 is 21.1 Å². The number of amides is 1. The molecule has 1 amide bonds. The van der Waals surface area contributed by atoms with Crippen molar-refractivity contribution in [3.05, 3.63) is 115 Å². The molecule has 4 N–H and O–H groups in total. The first-order valence-electron chi connectivity index (χ1n) is 11.6. The summed E-state index contributed by atoms with van der Waals surface area (Å²) in [4.78, 5) is 33.2. The average molecular weight is 490 g/mol. The van der Waals surface area contributed by atoms with Gasteiger partial charge in [0.05, 0.1) is 17.4 Å². The summed E-state index contributed by atoms with van der Waals surface area (Å²) in [5.74, 6) is -0.687. The van der Waals surface area contributed by atoms with Crippen molar-refractivity contribution in [2.45, 2.75) is 0 Å². The van der Waals surface area contributed by atoms with E-state index < -0.39 is 6.61 Å². The zero-order chi connectivity index (χ0) is 25.6. The van der Waals surface area contributed by atoms with Crippen LogP contribution in [0.25, 0.3) is 10.9 Å². The maximum Gasteiger partial charge on any atom is 0.274 e. The van der Waals surface area contributed by atoms with Crippen LogP contribution in [-0.2, 0) is 0 Å². The highest BCUT2D eigenvalue weighted by molar-refractivity contribution is 6.04. The molecule has 0 aliphatic carbocycles. The Hall–Kier alpha value is -5.08. The second kappa shape index (κ2) is 10.7. The number of pyridine rings is 2. The van der Waals surface area contributed by atoms with Gasteiger partial charge in [0.15, 0.2) is 5.78 Å². The molecule has 8 nitrogen and oxygen atoms in total. The summed E-state index contributed by atoms with van der Waals surface area (Å²) >= 11 is 0. The predicted molar refractivity (Wildman–Crippen MR) is 145 cm³/mol. The van der Waals surface area contributed by atoms with Crippen molar-refractivity contribution in [3.8, 4) is 0 Å². The summed E-state index contributed by atoms with van der Waals surface area (Å²) in [6, 6.07) is 27.5. The third-order valence-electron chi connectivity index (χ3n) is 5.69. The molecule has 0 saturated heterocycles. The number of fused-ring (bicyclic) bond motifs is 1. The maximum atomic E-state index is 12.7. The summed E-state index contributed by atoms with van der Waals surface area (Å²) in [6.07, 6.45) is 3.23. The monoisotopic (exact) mass is 489 g/mol. The number of rotatable bonds is 8. The Labute approximate surface area is 213 Å². The molecule has 182 valence electrons. The summed E-state index contributed by atoms with van der Waals surface area (Å²) in [7, 11) is 0. The maximum absolute atomic E-state index is 12.7. The number of aromatic nitrogens is 2. The van der Waals surface area contributed by atoms with Gasteiger partial charge in [-0.1, -0.05) is 18.2 Å². The Balaban J connectivity index is 1.25. The lowest BCUT2D eigenvalue weighted by Gasteiger charge is -2.11. The van der Waals surface area contributed by atoms with Crippen molar-refractivity contribution >= 4 is 51.0 Å². The number of hydrogen-bond acceptors (Lipinski definition) is 7. The minimum atomic E-state index is -0.559. The van der Waals surface area contributed by atoms with Gasteiger partial charge in [-0.15, -0.1) is 0 Å². The number of hydrogen-bond donors (Lipinski definition) is 4. The molecule has 8 heteroatoms. The fraction of sp³-hybridized carbons (Fsp3) is 0.0345. The molecule has 5 aromatic rings. The van der Waals surface area contributed by atoms with E-state index >= 15 is 0 Å². The minimum absolute atomic E-state index is 0.271. The lowest BCUT2D eigenvalue weighted by molar-refractivity contribution is 0.0903. The van der Waals surface area contributed by atoms with Crippen LogP contribution in [0.15, 0.2) is 103 Å². The number of aliphatic hydroxyl groups excluding tert-OH is 1. The number of nitrogens with zero attached hydrogens (tertiary/aromatic N) is 2. The molecule has 0 spiro atoms. The van der Waals surface area contributed by atoms with Gasteiger partial charge in [0, 0.05) is 39.9 Å². The van der Waals surface area contributed by atoms with Crippen molar-refractivity contribution in [3.63, 3.8) is 0 Å². The van der Waals surface area contributed by atoms with Crippen molar-refractivity contribution in [1.82, 2.24) is 9.97 Å². The zero-order valence-corrected chi connectivity index (χ0v) is 19.7. The second-order valence-corrected chi connectivity index (χ2v) is 8.25. The number of aliphatic hydroxyl groups is 1. The molecule has 2 aromatic heterocycles. The second-order valence-electron chi connectivity index (χ2n) is 8.25. The molecule has 0 saturated carbocycles. The molecule has 37 heavy (non-hydrogen) atoms. The summed E-state index contributed by atoms with van der Waals surface area (Å²) in [5.41, 5.74) is 5.32. The SMILES string of the molecule is O=C(CO)c1ccc2nccc(Nc3ccc(C(=O)Nc4ccc(Nc5ccccc5)cc4)nc3)c2c1. The van der Waals surface area contributed by atoms with E-state index in [-0.39, 0.29) is 17.4 Å². The first kappa shape index (κ1) is 23.7. The van der Waals surface area contributed by atoms with Gasteiger partial charge in [-0.3, -0.25) is 14.6 Å². The van der Waals surface area contributed by atoms with Crippen LogP contribution in [0.5, 0.6) is 0 Å². The van der Waals surface area contributed by atoms with E-state index in [1.54, 1.807) is 48.8 Å². The van der Waals surface area contributed by atoms with Crippen LogP contribution < -0.4 is 16.0 Å². The van der Waals surface area contributed by atoms with E-state index in [4.69, 9.17) is 0 Å². The number of Topliss-reactive ketones (excluding diaryl/α,β-unsaturated/α-hetero) is 1. The third-order valence-corrected chi connectivity index (χ3v) is 5.69. The van der Waals surface area contributed by atoms with E-state index in [9.17, 15) is 14.7 Å². The standard InChI is InChI=1S/C29H23N5O3/c35-18-28(36)19-6-12-25-24(16-19)26(14-15-30-25)33-23-11-13-27(31-17-23)29(37)34-22-9-7-21(8-10-22)32-20-4-2-1-3-5-20/h1-17,32,35H,18H2,(H,30,33)(H,34,37). The van der Waals surface area contributed by atoms with Crippen LogP contribution in [-0.4, -0.2) is 33.4 Å². The van der Waals surface area contributed by atoms with Crippen LogP contribution in [0.2, 0.25) is 0 Å². The number of benzene rings is 3. The Morgan fingerprint density at radius 2 is 1.46 bits per heavy atom. The number of para-hydroxylation sites is 1. The topological polar surface area (TPSA) is 116 Å². The fourth-order valence-corrected chi connectivity index (χ4v) is 3.80. The van der Waals surface area contributed by atoms with E-state index in [2.05, 4.69) is 25.9 Å². The largest absolute Gasteiger partial charge is 0.388 e. The molecule has 0 bridgehead atoms. The van der Waals surface area contributed by atoms with Gasteiger partial charge in [-0.05, 0) is 72.8 Å². The van der Waals surface area contributed by atoms with Gasteiger partial charge >= 0.3 is 0 Å². The predicted octanol–water partition coefficient (Wildman–Crippen LogP) is 5.54. The van der Waals surface area contributed by atoms with Crippen LogP contribution in [0, 0.1) is 0 Å². The molecule has 0 radical (unpaired) electrons. The van der Waals surface area contributed by atoms with E-state index in [1.807, 2.05) is 54.6 Å². The minimum Gasteiger partial charge on any atom is -0.388 e. The molecule has 0 aliphatic rings. The highest BCUT2D eigenvalue weighted by atomic mass is 16.3. The van der Waals surface area contributed by atoms with Gasteiger partial charge in [0.2, 0.25) is 0 Å². The van der Waals surface area contributed by atoms with Crippen molar-refractivity contribution in [1.29, 1.82) is 0 Å². The quantitative estimate of drug-likeness (QED) is 0.211. The van der Waals surface area contributed by atoms with Crippen molar-refractivity contribution in [2.24, 2.45) is 0 Å². The Morgan fingerprint density at radius 1 is 0.730 bits per heavy atom. The molecule has 5 rings (SSSR count). The lowest BCUT2D eigenvalue weighted by Crippen LogP contribution is -2.13. The van der Waals surface area contributed by atoms with Crippen LogP contribution >= 0.6 is 0 Å². The van der Waals surface area contributed by atoms with Crippen LogP contribution in [0.3, 0.4) is 0 Å². The van der Waals surface area contributed by atoms with Gasteiger partial charge in [0.25, 0.3) is 5.91 Å². The summed E-state index contributed by atoms with van der Waals surface area (Å²) in [5, 5.41) is 19.3. The van der Waals surface area contributed by atoms with Gasteiger partial charge in [0.1, 0.15) is 12.3 Å². The molecule has 0 atom stereocenters. The Bertz CT molecular complexity index is 1550. The van der Waals surface area contributed by atoms with Crippen molar-refractivity contribution < 1.29 is 14.7 Å². The highest BCUT2D eigenvalue weighted by Crippen LogP contribution is 2.26. The first-order chi connectivity index (χ1) is 18.1. The smallest absolute Gasteiger partial charge is 0.274 e. The summed E-state index contributed by atoms with van der Waals surface area (Å²) < 4.78 is 0.